The first kappa shape index (κ1) is 13.6. The summed E-state index contributed by atoms with van der Waals surface area (Å²) in [5, 5.41) is 3.35. The fourth-order valence-electron chi connectivity index (χ4n) is 2.70. The van der Waals surface area contributed by atoms with Crippen LogP contribution in [-0.2, 0) is 0 Å². The molecule has 21 heavy (non-hydrogen) atoms. The Bertz CT molecular complexity index is 655. The van der Waals surface area contributed by atoms with E-state index >= 15 is 0 Å². The summed E-state index contributed by atoms with van der Waals surface area (Å²) in [6, 6.07) is 9.93. The van der Waals surface area contributed by atoms with Crippen LogP contribution in [0, 0.1) is 0 Å². The summed E-state index contributed by atoms with van der Waals surface area (Å²) >= 11 is 0. The van der Waals surface area contributed by atoms with E-state index < -0.39 is 0 Å². The fraction of sp³-hybridized carbons (Fsp3) is 0.294. The highest BCUT2D eigenvalue weighted by molar-refractivity contribution is 5.96. The van der Waals surface area contributed by atoms with Crippen LogP contribution in [0.15, 0.2) is 42.7 Å². The highest BCUT2D eigenvalue weighted by Gasteiger charge is 2.24. The number of anilines is 1. The number of pyridine rings is 1. The van der Waals surface area contributed by atoms with Crippen LogP contribution in [0.1, 0.15) is 35.2 Å². The third-order valence-corrected chi connectivity index (χ3v) is 3.72. The van der Waals surface area contributed by atoms with Gasteiger partial charge in [-0.2, -0.15) is 0 Å². The van der Waals surface area contributed by atoms with Gasteiger partial charge in [0.05, 0.1) is 12.8 Å². The molecule has 1 aliphatic heterocycles. The minimum atomic E-state index is 0.104. The molecule has 0 amide bonds. The molecule has 1 aromatic carbocycles. The van der Waals surface area contributed by atoms with Crippen molar-refractivity contribution in [3.8, 4) is 5.75 Å². The Kier molecular flexibility index (Phi) is 3.86. The van der Waals surface area contributed by atoms with E-state index in [1.807, 2.05) is 19.1 Å². The lowest BCUT2D eigenvalue weighted by atomic mass is 9.94. The number of ketones is 1. The molecule has 108 valence electrons. The Balaban J connectivity index is 1.74. The van der Waals surface area contributed by atoms with E-state index in [1.165, 1.54) is 5.56 Å². The standard InChI is InChI=1S/C17H18N2O2/c1-2-21-14-7-13(9-18-11-14)17(20)8-12-10-19-16-6-4-3-5-15(12)16/h3-7,9,11-12,19H,2,8,10H2,1H3. The van der Waals surface area contributed by atoms with Gasteiger partial charge >= 0.3 is 0 Å². The smallest absolute Gasteiger partial charge is 0.165 e. The number of carbonyl (C=O) groups is 1. The summed E-state index contributed by atoms with van der Waals surface area (Å²) in [7, 11) is 0. The first-order valence-electron chi connectivity index (χ1n) is 7.21. The van der Waals surface area contributed by atoms with Crippen LogP contribution in [-0.4, -0.2) is 23.9 Å². The predicted molar refractivity (Wildman–Crippen MR) is 82.0 cm³/mol. The molecule has 0 bridgehead atoms. The molecule has 1 atom stereocenters. The van der Waals surface area contributed by atoms with Gasteiger partial charge < -0.3 is 10.1 Å². The molecule has 0 fully saturated rings. The van der Waals surface area contributed by atoms with Gasteiger partial charge in [-0.15, -0.1) is 0 Å². The van der Waals surface area contributed by atoms with E-state index in [-0.39, 0.29) is 11.7 Å². The molecule has 4 nitrogen and oxygen atoms in total. The van der Waals surface area contributed by atoms with Crippen molar-refractivity contribution in [1.82, 2.24) is 4.98 Å². The summed E-state index contributed by atoms with van der Waals surface area (Å²) in [6.45, 7) is 3.29. The van der Waals surface area contributed by atoms with Gasteiger partial charge in [-0.1, -0.05) is 18.2 Å². The topological polar surface area (TPSA) is 51.2 Å². The quantitative estimate of drug-likeness (QED) is 0.855. The molecule has 0 radical (unpaired) electrons. The maximum atomic E-state index is 12.4. The molecule has 1 N–H and O–H groups in total. The number of Topliss-reactive ketones (excluding diaryl/α,β-unsaturated/α-hetero) is 1. The molecule has 0 saturated heterocycles. The number of ether oxygens (including phenoxy) is 1. The number of fused-ring (bicyclic) bond motifs is 1. The fourth-order valence-corrected chi connectivity index (χ4v) is 2.70. The summed E-state index contributed by atoms with van der Waals surface area (Å²) < 4.78 is 5.40. The number of carbonyl (C=O) groups excluding carboxylic acids is 1. The molecule has 1 aliphatic rings. The second-order valence-electron chi connectivity index (χ2n) is 5.13. The van der Waals surface area contributed by atoms with Crippen LogP contribution < -0.4 is 10.1 Å². The van der Waals surface area contributed by atoms with Gasteiger partial charge in [-0.05, 0) is 24.6 Å². The Morgan fingerprint density at radius 2 is 2.24 bits per heavy atom. The predicted octanol–water partition coefficient (Wildman–Crippen LogP) is 3.26. The average Bonchev–Trinajstić information content (AvgIpc) is 2.91. The number of nitrogens with zero attached hydrogens (tertiary/aromatic N) is 1. The normalized spacial score (nSPS) is 16.1. The van der Waals surface area contributed by atoms with Crippen molar-refractivity contribution in [2.45, 2.75) is 19.3 Å². The number of rotatable bonds is 5. The minimum Gasteiger partial charge on any atom is -0.492 e. The van der Waals surface area contributed by atoms with Gasteiger partial charge in [-0.25, -0.2) is 0 Å². The monoisotopic (exact) mass is 282 g/mol. The van der Waals surface area contributed by atoms with E-state index in [9.17, 15) is 4.79 Å². The third kappa shape index (κ3) is 2.89. The van der Waals surface area contributed by atoms with Crippen LogP contribution >= 0.6 is 0 Å². The van der Waals surface area contributed by atoms with Gasteiger partial charge in [0, 0.05) is 36.3 Å². The van der Waals surface area contributed by atoms with Gasteiger partial charge in [0.25, 0.3) is 0 Å². The van der Waals surface area contributed by atoms with E-state index in [0.717, 1.165) is 12.2 Å². The Morgan fingerprint density at radius 1 is 1.38 bits per heavy atom. The number of benzene rings is 1. The summed E-state index contributed by atoms with van der Waals surface area (Å²) in [5.74, 6) is 0.977. The number of nitrogens with one attached hydrogen (secondary N) is 1. The lowest BCUT2D eigenvalue weighted by Gasteiger charge is -2.10. The summed E-state index contributed by atoms with van der Waals surface area (Å²) in [5.41, 5.74) is 2.97. The minimum absolute atomic E-state index is 0.104. The second-order valence-corrected chi connectivity index (χ2v) is 5.13. The maximum Gasteiger partial charge on any atom is 0.165 e. The van der Waals surface area contributed by atoms with Crippen molar-refractivity contribution >= 4 is 11.5 Å². The molecule has 1 aromatic heterocycles. The van der Waals surface area contributed by atoms with Crippen molar-refractivity contribution in [3.63, 3.8) is 0 Å². The molecule has 3 rings (SSSR count). The van der Waals surface area contributed by atoms with Crippen LogP contribution in [0.2, 0.25) is 0 Å². The van der Waals surface area contributed by atoms with Crippen LogP contribution in [0.5, 0.6) is 5.75 Å². The van der Waals surface area contributed by atoms with E-state index in [1.54, 1.807) is 18.5 Å². The van der Waals surface area contributed by atoms with Gasteiger partial charge in [0.2, 0.25) is 0 Å². The van der Waals surface area contributed by atoms with Crippen LogP contribution in [0.4, 0.5) is 5.69 Å². The van der Waals surface area contributed by atoms with Gasteiger partial charge in [0.1, 0.15) is 5.75 Å². The number of hydrogen-bond donors (Lipinski definition) is 1. The SMILES string of the molecule is CCOc1cncc(C(=O)CC2CNc3ccccc32)c1. The van der Waals surface area contributed by atoms with Crippen molar-refractivity contribution in [2.75, 3.05) is 18.5 Å². The number of hydrogen-bond acceptors (Lipinski definition) is 4. The first-order chi connectivity index (χ1) is 10.3. The van der Waals surface area contributed by atoms with Crippen molar-refractivity contribution in [2.24, 2.45) is 0 Å². The molecule has 4 heteroatoms. The first-order valence-corrected chi connectivity index (χ1v) is 7.21. The molecular formula is C17H18N2O2. The summed E-state index contributed by atoms with van der Waals surface area (Å²) in [6.07, 6.45) is 3.73. The van der Waals surface area contributed by atoms with Gasteiger partial charge in [0.15, 0.2) is 5.78 Å². The molecule has 0 spiro atoms. The maximum absolute atomic E-state index is 12.4. The molecular weight excluding hydrogens is 264 g/mol. The van der Waals surface area contributed by atoms with Crippen molar-refractivity contribution < 1.29 is 9.53 Å². The molecule has 0 aliphatic carbocycles. The van der Waals surface area contributed by atoms with E-state index in [4.69, 9.17) is 4.74 Å². The zero-order valence-electron chi connectivity index (χ0n) is 12.0. The number of para-hydroxylation sites is 1. The lowest BCUT2D eigenvalue weighted by Crippen LogP contribution is -2.10. The number of aromatic nitrogens is 1. The largest absolute Gasteiger partial charge is 0.492 e. The lowest BCUT2D eigenvalue weighted by molar-refractivity contribution is 0.0975. The van der Waals surface area contributed by atoms with E-state index in [2.05, 4.69) is 22.4 Å². The molecule has 0 saturated carbocycles. The molecule has 2 aromatic rings. The van der Waals surface area contributed by atoms with E-state index in [0.29, 0.717) is 24.3 Å². The Labute approximate surface area is 124 Å². The summed E-state index contributed by atoms with van der Waals surface area (Å²) in [4.78, 5) is 16.5. The van der Waals surface area contributed by atoms with Crippen molar-refractivity contribution in [3.05, 3.63) is 53.9 Å². The van der Waals surface area contributed by atoms with Crippen LogP contribution in [0.25, 0.3) is 0 Å². The Hall–Kier alpha value is -2.36. The third-order valence-electron chi connectivity index (χ3n) is 3.72. The highest BCUT2D eigenvalue weighted by atomic mass is 16.5. The van der Waals surface area contributed by atoms with Gasteiger partial charge in [-0.3, -0.25) is 9.78 Å². The van der Waals surface area contributed by atoms with Crippen molar-refractivity contribution in [1.29, 1.82) is 0 Å². The zero-order chi connectivity index (χ0) is 14.7. The second kappa shape index (κ2) is 5.95. The highest BCUT2D eigenvalue weighted by Crippen LogP contribution is 2.34. The molecule has 2 heterocycles. The van der Waals surface area contributed by atoms with Crippen LogP contribution in [0.3, 0.4) is 0 Å². The zero-order valence-corrected chi connectivity index (χ0v) is 12.0. The molecule has 1 unspecified atom stereocenters. The Morgan fingerprint density at radius 3 is 3.10 bits per heavy atom. The average molecular weight is 282 g/mol.